The highest BCUT2D eigenvalue weighted by atomic mass is 32.2. The lowest BCUT2D eigenvalue weighted by atomic mass is 10.0. The molecule has 0 aliphatic rings. The summed E-state index contributed by atoms with van der Waals surface area (Å²) in [6.07, 6.45) is 0. The van der Waals surface area contributed by atoms with Crippen molar-refractivity contribution in [1.29, 1.82) is 0 Å². The van der Waals surface area contributed by atoms with Crippen LogP contribution < -0.4 is 4.74 Å². The van der Waals surface area contributed by atoms with Crippen LogP contribution in [0.2, 0.25) is 0 Å². The molecule has 0 bridgehead atoms. The molecule has 0 aliphatic heterocycles. The molecule has 2 rings (SSSR count). The Labute approximate surface area is 152 Å². The van der Waals surface area contributed by atoms with E-state index >= 15 is 0 Å². The maximum absolute atomic E-state index is 12.9. The summed E-state index contributed by atoms with van der Waals surface area (Å²) in [4.78, 5) is 25.0. The number of hydrogen-bond donors (Lipinski definition) is 0. The summed E-state index contributed by atoms with van der Waals surface area (Å²) >= 11 is -0.299. The van der Waals surface area contributed by atoms with Crippen LogP contribution in [-0.2, 0) is 9.53 Å². The number of thioether (sulfide) groups is 1. The smallest absolute Gasteiger partial charge is 0.446 e. The number of esters is 1. The van der Waals surface area contributed by atoms with Crippen LogP contribution in [0.25, 0.3) is 10.8 Å². The van der Waals surface area contributed by atoms with Gasteiger partial charge in [-0.3, -0.25) is 9.59 Å². The number of carbonyl (C=O) groups excluding carboxylic acids is 2. The highest BCUT2D eigenvalue weighted by Gasteiger charge is 2.32. The quantitative estimate of drug-likeness (QED) is 0.578. The van der Waals surface area contributed by atoms with E-state index in [9.17, 15) is 22.8 Å². The number of methoxy groups -OCH3 is 2. The fourth-order valence-electron chi connectivity index (χ4n) is 2.41. The van der Waals surface area contributed by atoms with Gasteiger partial charge in [-0.05, 0) is 35.3 Å². The summed E-state index contributed by atoms with van der Waals surface area (Å²) in [5.41, 5.74) is -4.33. The Balaban J connectivity index is 2.55. The molecule has 0 heterocycles. The molecule has 0 N–H and O–H groups in total. The van der Waals surface area contributed by atoms with Gasteiger partial charge in [-0.15, -0.1) is 0 Å². The fourth-order valence-corrected chi connectivity index (χ4v) is 3.19. The van der Waals surface area contributed by atoms with E-state index in [0.717, 1.165) is 4.90 Å². The topological polar surface area (TPSA) is 55.8 Å². The van der Waals surface area contributed by atoms with Crippen molar-refractivity contribution in [3.63, 3.8) is 0 Å². The van der Waals surface area contributed by atoms with E-state index < -0.39 is 17.4 Å². The Morgan fingerprint density at radius 3 is 2.38 bits per heavy atom. The number of hydrogen-bond acceptors (Lipinski definition) is 5. The zero-order valence-electron chi connectivity index (χ0n) is 14.2. The van der Waals surface area contributed by atoms with Crippen molar-refractivity contribution < 1.29 is 32.2 Å². The van der Waals surface area contributed by atoms with E-state index in [4.69, 9.17) is 4.74 Å². The molecule has 0 saturated heterocycles. The normalized spacial score (nSPS) is 11.3. The fraction of sp³-hybridized carbons (Fsp3) is 0.294. The molecule has 0 unspecified atom stereocenters. The minimum Gasteiger partial charge on any atom is -0.496 e. The first-order chi connectivity index (χ1) is 12.2. The van der Waals surface area contributed by atoms with Gasteiger partial charge in [0.25, 0.3) is 5.91 Å². The number of alkyl halides is 3. The number of fused-ring (bicyclic) bond motifs is 1. The van der Waals surface area contributed by atoms with E-state index in [0.29, 0.717) is 5.39 Å². The monoisotopic (exact) mass is 387 g/mol. The molecular formula is C17H16F3NO4S. The second-order valence-corrected chi connectivity index (χ2v) is 6.36. The van der Waals surface area contributed by atoms with Gasteiger partial charge in [-0.25, -0.2) is 0 Å². The molecule has 5 nitrogen and oxygen atoms in total. The number of ether oxygens (including phenoxy) is 2. The maximum atomic E-state index is 12.9. The predicted molar refractivity (Wildman–Crippen MR) is 91.4 cm³/mol. The highest BCUT2D eigenvalue weighted by molar-refractivity contribution is 8.00. The summed E-state index contributed by atoms with van der Waals surface area (Å²) in [5, 5.41) is 0.575. The van der Waals surface area contributed by atoms with Gasteiger partial charge in [0, 0.05) is 18.0 Å². The molecule has 140 valence electrons. The summed E-state index contributed by atoms with van der Waals surface area (Å²) in [5.74, 6) is -1.04. The van der Waals surface area contributed by atoms with Crippen molar-refractivity contribution in [1.82, 2.24) is 4.90 Å². The molecule has 9 heteroatoms. The van der Waals surface area contributed by atoms with Gasteiger partial charge in [0.1, 0.15) is 12.3 Å². The van der Waals surface area contributed by atoms with Crippen LogP contribution in [-0.4, -0.2) is 50.1 Å². The number of likely N-dealkylation sites (N-methyl/N-ethyl adjacent to an activating group) is 1. The van der Waals surface area contributed by atoms with Crippen LogP contribution >= 0.6 is 11.8 Å². The van der Waals surface area contributed by atoms with Crippen molar-refractivity contribution in [2.75, 3.05) is 27.8 Å². The number of carbonyl (C=O) groups is 2. The van der Waals surface area contributed by atoms with Crippen LogP contribution in [0.5, 0.6) is 5.75 Å². The number of rotatable bonds is 5. The largest absolute Gasteiger partial charge is 0.496 e. The third-order valence-electron chi connectivity index (χ3n) is 3.58. The molecule has 0 spiro atoms. The number of benzene rings is 2. The lowest BCUT2D eigenvalue weighted by molar-refractivity contribution is -0.141. The minimum atomic E-state index is -4.51. The van der Waals surface area contributed by atoms with Crippen molar-refractivity contribution in [3.8, 4) is 5.75 Å². The number of halogens is 3. The van der Waals surface area contributed by atoms with Crippen LogP contribution in [0.3, 0.4) is 0 Å². The Kier molecular flexibility index (Phi) is 6.01. The summed E-state index contributed by atoms with van der Waals surface area (Å²) in [6, 6.07) is 7.37. The molecule has 1 amide bonds. The Hall–Kier alpha value is -2.42. The van der Waals surface area contributed by atoms with Crippen LogP contribution in [0, 0.1) is 0 Å². The first-order valence-electron chi connectivity index (χ1n) is 7.35. The van der Waals surface area contributed by atoms with Gasteiger partial charge in [-0.1, -0.05) is 12.1 Å². The average Bonchev–Trinajstić information content (AvgIpc) is 2.59. The Morgan fingerprint density at radius 1 is 1.12 bits per heavy atom. The standard InChI is InChI=1S/C17H16F3NO4S/c1-21(9-14(22)25-3)16(23)12-6-4-5-11-10(12)7-8-13(24-2)15(11)26-17(18,19)20/h4-8H,9H2,1-3H3. The molecule has 0 fully saturated rings. The van der Waals surface area contributed by atoms with Gasteiger partial charge in [0.15, 0.2) is 0 Å². The lowest BCUT2D eigenvalue weighted by Crippen LogP contribution is -2.32. The van der Waals surface area contributed by atoms with Gasteiger partial charge in [-0.2, -0.15) is 13.2 Å². The van der Waals surface area contributed by atoms with E-state index in [1.165, 1.54) is 51.6 Å². The van der Waals surface area contributed by atoms with Gasteiger partial charge in [0.05, 0.1) is 19.1 Å². The van der Waals surface area contributed by atoms with E-state index in [2.05, 4.69) is 4.74 Å². The molecule has 26 heavy (non-hydrogen) atoms. The van der Waals surface area contributed by atoms with Crippen molar-refractivity contribution in [2.24, 2.45) is 0 Å². The first kappa shape index (κ1) is 19.9. The van der Waals surface area contributed by atoms with Gasteiger partial charge < -0.3 is 14.4 Å². The second-order valence-electron chi connectivity index (χ2n) is 5.28. The van der Waals surface area contributed by atoms with E-state index in [-0.39, 0.29) is 39.9 Å². The van der Waals surface area contributed by atoms with E-state index in [1.807, 2.05) is 0 Å². The Bertz CT molecular complexity index is 839. The Morgan fingerprint density at radius 2 is 1.81 bits per heavy atom. The van der Waals surface area contributed by atoms with Gasteiger partial charge >= 0.3 is 11.5 Å². The van der Waals surface area contributed by atoms with Gasteiger partial charge in [0.2, 0.25) is 0 Å². The zero-order chi connectivity index (χ0) is 19.5. The summed E-state index contributed by atoms with van der Waals surface area (Å²) in [6.45, 7) is -0.272. The first-order valence-corrected chi connectivity index (χ1v) is 8.17. The third-order valence-corrected chi connectivity index (χ3v) is 4.44. The predicted octanol–water partition coefficient (Wildman–Crippen LogP) is 3.71. The molecule has 0 atom stereocenters. The average molecular weight is 387 g/mol. The van der Waals surface area contributed by atoms with Crippen LogP contribution in [0.1, 0.15) is 10.4 Å². The minimum absolute atomic E-state index is 0.0624. The third kappa shape index (κ3) is 4.40. The molecule has 0 radical (unpaired) electrons. The summed E-state index contributed by atoms with van der Waals surface area (Å²) < 4.78 is 48.4. The van der Waals surface area contributed by atoms with Crippen molar-refractivity contribution >= 4 is 34.4 Å². The van der Waals surface area contributed by atoms with Crippen LogP contribution in [0.4, 0.5) is 13.2 Å². The van der Waals surface area contributed by atoms with E-state index in [1.54, 1.807) is 0 Å². The van der Waals surface area contributed by atoms with Crippen molar-refractivity contribution in [3.05, 3.63) is 35.9 Å². The molecule has 0 saturated carbocycles. The molecule has 0 aliphatic carbocycles. The molecule has 2 aromatic carbocycles. The molecular weight excluding hydrogens is 371 g/mol. The van der Waals surface area contributed by atoms with Crippen LogP contribution in [0.15, 0.2) is 35.2 Å². The maximum Gasteiger partial charge on any atom is 0.446 e. The van der Waals surface area contributed by atoms with Crippen molar-refractivity contribution in [2.45, 2.75) is 10.4 Å². The number of nitrogens with zero attached hydrogens (tertiary/aromatic N) is 1. The number of amides is 1. The zero-order valence-corrected chi connectivity index (χ0v) is 15.0. The second kappa shape index (κ2) is 7.86. The SMILES string of the molecule is COC(=O)CN(C)C(=O)c1cccc2c(SC(F)(F)F)c(OC)ccc12. The summed E-state index contributed by atoms with van der Waals surface area (Å²) in [7, 11) is 3.89. The molecule has 0 aromatic heterocycles. The molecule has 2 aromatic rings. The highest BCUT2D eigenvalue weighted by Crippen LogP contribution is 2.45. The lowest BCUT2D eigenvalue weighted by Gasteiger charge is -2.18.